The van der Waals surface area contributed by atoms with Crippen molar-refractivity contribution in [3.05, 3.63) is 34.3 Å². The van der Waals surface area contributed by atoms with Crippen molar-refractivity contribution < 1.29 is 0 Å². The first kappa shape index (κ1) is 11.0. The molecule has 0 fully saturated rings. The Kier molecular flexibility index (Phi) is 3.33. The molecule has 2 N–H and O–H groups in total. The van der Waals surface area contributed by atoms with Crippen molar-refractivity contribution in [1.82, 2.24) is 10.7 Å². The van der Waals surface area contributed by atoms with Gasteiger partial charge in [0.25, 0.3) is 0 Å². The second kappa shape index (κ2) is 4.55. The Morgan fingerprint density at radius 2 is 2.20 bits per heavy atom. The molecule has 1 aromatic rings. The molecule has 1 atom stereocenters. The number of thioether (sulfide) groups is 1. The lowest BCUT2D eigenvalue weighted by Gasteiger charge is -2.28. The molecule has 15 heavy (non-hydrogen) atoms. The van der Waals surface area contributed by atoms with Gasteiger partial charge in [-0.15, -0.1) is 0 Å². The molecule has 0 amide bonds. The van der Waals surface area contributed by atoms with Gasteiger partial charge in [-0.3, -0.25) is 10.7 Å². The van der Waals surface area contributed by atoms with Gasteiger partial charge >= 0.3 is 0 Å². The highest BCUT2D eigenvalue weighted by atomic mass is 79.9. The number of rotatable bonds is 3. The molecule has 0 bridgehead atoms. The van der Waals surface area contributed by atoms with E-state index in [0.717, 1.165) is 11.0 Å². The van der Waals surface area contributed by atoms with E-state index in [2.05, 4.69) is 50.8 Å². The third-order valence-electron chi connectivity index (χ3n) is 2.18. The Balaban J connectivity index is 2.28. The zero-order valence-corrected chi connectivity index (χ0v) is 10.7. The average molecular weight is 286 g/mol. The lowest BCUT2D eigenvalue weighted by molar-refractivity contribution is 0.423. The fourth-order valence-corrected chi connectivity index (χ4v) is 2.63. The van der Waals surface area contributed by atoms with Gasteiger partial charge in [-0.2, -0.15) is 5.10 Å². The first-order chi connectivity index (χ1) is 7.27. The number of benzene rings is 1. The summed E-state index contributed by atoms with van der Waals surface area (Å²) in [4.78, 5) is -0.296. The van der Waals surface area contributed by atoms with Crippen molar-refractivity contribution in [2.75, 3.05) is 6.54 Å². The minimum absolute atomic E-state index is 0.296. The number of nitrogens with zero attached hydrogens (tertiary/aromatic N) is 1. The standard InChI is InChI=1S/C10H12BrN3S/c1-2-12-10(14-13-7-15-10)8-3-5-9(11)6-4-8/h3-7,12,14H,2H2,1H3. The molecule has 1 unspecified atom stereocenters. The molecule has 2 rings (SSSR count). The third-order valence-corrected chi connectivity index (χ3v) is 3.75. The summed E-state index contributed by atoms with van der Waals surface area (Å²) in [6, 6.07) is 8.24. The van der Waals surface area contributed by atoms with Crippen LogP contribution in [0.15, 0.2) is 33.8 Å². The predicted octanol–water partition coefficient (Wildman–Crippen LogP) is 2.45. The van der Waals surface area contributed by atoms with E-state index in [1.54, 1.807) is 11.8 Å². The molecule has 1 aromatic carbocycles. The SMILES string of the molecule is CCNC1(c2ccc(Br)cc2)NN=CS1. The van der Waals surface area contributed by atoms with E-state index in [1.165, 1.54) is 5.56 Å². The van der Waals surface area contributed by atoms with Gasteiger partial charge in [0.1, 0.15) is 0 Å². The highest BCUT2D eigenvalue weighted by Gasteiger charge is 2.33. The smallest absolute Gasteiger partial charge is 0.183 e. The third kappa shape index (κ3) is 2.19. The number of nitrogens with one attached hydrogen (secondary N) is 2. The predicted molar refractivity (Wildman–Crippen MR) is 68.7 cm³/mol. The summed E-state index contributed by atoms with van der Waals surface area (Å²) in [5, 5.41) is 7.47. The molecule has 3 nitrogen and oxygen atoms in total. The van der Waals surface area contributed by atoms with Crippen LogP contribution in [0.3, 0.4) is 0 Å². The summed E-state index contributed by atoms with van der Waals surface area (Å²) in [7, 11) is 0. The van der Waals surface area contributed by atoms with Crippen LogP contribution in [0.5, 0.6) is 0 Å². The molecule has 0 saturated heterocycles. The van der Waals surface area contributed by atoms with Gasteiger partial charge in [0.15, 0.2) is 4.99 Å². The summed E-state index contributed by atoms with van der Waals surface area (Å²) in [5.41, 5.74) is 6.11. The lowest BCUT2D eigenvalue weighted by Crippen LogP contribution is -2.46. The van der Waals surface area contributed by atoms with Gasteiger partial charge < -0.3 is 0 Å². The van der Waals surface area contributed by atoms with Crippen LogP contribution in [0.25, 0.3) is 0 Å². The highest BCUT2D eigenvalue weighted by Crippen LogP contribution is 2.33. The van der Waals surface area contributed by atoms with Gasteiger partial charge in [-0.25, -0.2) is 0 Å². The van der Waals surface area contributed by atoms with Crippen LogP contribution in [-0.4, -0.2) is 12.1 Å². The zero-order chi connectivity index (χ0) is 10.7. The Labute approximate surface area is 102 Å². The van der Waals surface area contributed by atoms with Crippen LogP contribution in [0.1, 0.15) is 12.5 Å². The maximum atomic E-state index is 4.07. The van der Waals surface area contributed by atoms with Crippen LogP contribution < -0.4 is 10.7 Å². The quantitative estimate of drug-likeness (QED) is 0.896. The summed E-state index contributed by atoms with van der Waals surface area (Å²) < 4.78 is 1.09. The molecular formula is C10H12BrN3S. The summed E-state index contributed by atoms with van der Waals surface area (Å²) in [6.07, 6.45) is 0. The molecule has 80 valence electrons. The van der Waals surface area contributed by atoms with E-state index in [-0.39, 0.29) is 4.99 Å². The minimum atomic E-state index is -0.296. The first-order valence-electron chi connectivity index (χ1n) is 4.74. The fraction of sp³-hybridized carbons (Fsp3) is 0.300. The Morgan fingerprint density at radius 1 is 1.47 bits per heavy atom. The summed E-state index contributed by atoms with van der Waals surface area (Å²) in [6.45, 7) is 2.97. The van der Waals surface area contributed by atoms with E-state index in [1.807, 2.05) is 17.7 Å². The molecule has 0 spiro atoms. The van der Waals surface area contributed by atoms with E-state index in [4.69, 9.17) is 0 Å². The maximum absolute atomic E-state index is 4.07. The molecular weight excluding hydrogens is 274 g/mol. The fourth-order valence-electron chi connectivity index (χ4n) is 1.50. The van der Waals surface area contributed by atoms with Crippen LogP contribution in [0.2, 0.25) is 0 Å². The number of hydrazone groups is 1. The first-order valence-corrected chi connectivity index (χ1v) is 6.42. The average Bonchev–Trinajstić information content (AvgIpc) is 2.69. The maximum Gasteiger partial charge on any atom is 0.183 e. The normalized spacial score (nSPS) is 24.1. The largest absolute Gasteiger partial charge is 0.281 e. The molecule has 5 heteroatoms. The second-order valence-electron chi connectivity index (χ2n) is 3.18. The summed E-state index contributed by atoms with van der Waals surface area (Å²) >= 11 is 5.08. The molecule has 0 aromatic heterocycles. The van der Waals surface area contributed by atoms with Gasteiger partial charge in [0.05, 0.1) is 5.55 Å². The van der Waals surface area contributed by atoms with E-state index < -0.39 is 0 Å². The van der Waals surface area contributed by atoms with Crippen LogP contribution >= 0.6 is 27.7 Å². The monoisotopic (exact) mass is 285 g/mol. The van der Waals surface area contributed by atoms with Crippen molar-refractivity contribution in [3.8, 4) is 0 Å². The second-order valence-corrected chi connectivity index (χ2v) is 5.16. The number of hydrogen-bond donors (Lipinski definition) is 2. The van der Waals surface area contributed by atoms with Gasteiger partial charge in [-0.1, -0.05) is 46.7 Å². The Bertz CT molecular complexity index is 355. The molecule has 0 saturated carbocycles. The lowest BCUT2D eigenvalue weighted by atomic mass is 10.1. The van der Waals surface area contributed by atoms with E-state index in [9.17, 15) is 0 Å². The molecule has 0 aliphatic carbocycles. The van der Waals surface area contributed by atoms with Crippen molar-refractivity contribution in [1.29, 1.82) is 0 Å². The van der Waals surface area contributed by atoms with Crippen molar-refractivity contribution in [2.45, 2.75) is 11.9 Å². The summed E-state index contributed by atoms with van der Waals surface area (Å²) in [5.74, 6) is 0. The molecule has 1 aliphatic rings. The van der Waals surface area contributed by atoms with Crippen molar-refractivity contribution in [2.24, 2.45) is 5.10 Å². The highest BCUT2D eigenvalue weighted by molar-refractivity contribution is 9.10. The van der Waals surface area contributed by atoms with Crippen LogP contribution in [-0.2, 0) is 4.99 Å². The van der Waals surface area contributed by atoms with Crippen molar-refractivity contribution >= 4 is 33.2 Å². The molecule has 0 radical (unpaired) electrons. The van der Waals surface area contributed by atoms with Crippen LogP contribution in [0.4, 0.5) is 0 Å². The number of halogens is 1. The Hall–Kier alpha value is -0.520. The zero-order valence-electron chi connectivity index (χ0n) is 8.33. The number of hydrogen-bond acceptors (Lipinski definition) is 4. The van der Waals surface area contributed by atoms with Crippen molar-refractivity contribution in [3.63, 3.8) is 0 Å². The van der Waals surface area contributed by atoms with Crippen LogP contribution in [0, 0.1) is 0 Å². The van der Waals surface area contributed by atoms with E-state index >= 15 is 0 Å². The minimum Gasteiger partial charge on any atom is -0.281 e. The van der Waals surface area contributed by atoms with E-state index in [0.29, 0.717) is 0 Å². The Morgan fingerprint density at radius 3 is 2.73 bits per heavy atom. The molecule has 1 heterocycles. The molecule has 1 aliphatic heterocycles. The van der Waals surface area contributed by atoms with Gasteiger partial charge in [-0.05, 0) is 18.7 Å². The van der Waals surface area contributed by atoms with Gasteiger partial charge in [0, 0.05) is 10.0 Å². The van der Waals surface area contributed by atoms with Gasteiger partial charge in [0.2, 0.25) is 0 Å². The topological polar surface area (TPSA) is 36.4 Å².